The minimum absolute atomic E-state index is 0.0527. The van der Waals surface area contributed by atoms with Gasteiger partial charge in [0.2, 0.25) is 0 Å². The second-order valence-corrected chi connectivity index (χ2v) is 6.17. The number of amides is 1. The molecule has 0 fully saturated rings. The zero-order valence-corrected chi connectivity index (χ0v) is 13.2. The molecule has 2 aromatic heterocycles. The Bertz CT molecular complexity index is 730. The molecule has 1 amide bonds. The van der Waals surface area contributed by atoms with Crippen molar-refractivity contribution in [3.8, 4) is 0 Å². The Kier molecular flexibility index (Phi) is 4.40. The Labute approximate surface area is 129 Å². The number of carbonyl (C=O) groups excluding carboxylic acids is 1. The van der Waals surface area contributed by atoms with Gasteiger partial charge in [-0.3, -0.25) is 14.6 Å². The highest BCUT2D eigenvalue weighted by Gasteiger charge is 2.21. The fraction of sp³-hybridized carbons (Fsp3) is 0.375. The molecule has 0 saturated carbocycles. The van der Waals surface area contributed by atoms with Gasteiger partial charge in [0.15, 0.2) is 0 Å². The molecular formula is C16H20N4O2. The van der Waals surface area contributed by atoms with Crippen LogP contribution in [0.5, 0.6) is 0 Å². The quantitative estimate of drug-likeness (QED) is 0.903. The first kappa shape index (κ1) is 15.9. The summed E-state index contributed by atoms with van der Waals surface area (Å²) in [4.78, 5) is 35.4. The van der Waals surface area contributed by atoms with Crippen LogP contribution in [0.2, 0.25) is 0 Å². The molecule has 0 aromatic carbocycles. The zero-order valence-electron chi connectivity index (χ0n) is 13.2. The number of nitrogens with one attached hydrogen (secondary N) is 2. The first-order valence-electron chi connectivity index (χ1n) is 7.07. The van der Waals surface area contributed by atoms with E-state index in [0.717, 1.165) is 5.56 Å². The van der Waals surface area contributed by atoms with Crippen molar-refractivity contribution in [2.24, 2.45) is 0 Å². The van der Waals surface area contributed by atoms with E-state index in [9.17, 15) is 9.59 Å². The summed E-state index contributed by atoms with van der Waals surface area (Å²) in [5.74, 6) is 0.134. The van der Waals surface area contributed by atoms with Crippen molar-refractivity contribution in [2.45, 2.75) is 39.7 Å². The molecule has 0 aliphatic carbocycles. The predicted molar refractivity (Wildman–Crippen MR) is 83.7 cm³/mol. The van der Waals surface area contributed by atoms with Gasteiger partial charge in [-0.25, -0.2) is 4.98 Å². The number of H-pyrrole nitrogens is 1. The van der Waals surface area contributed by atoms with Crippen LogP contribution >= 0.6 is 0 Å². The van der Waals surface area contributed by atoms with Gasteiger partial charge in [0, 0.05) is 24.4 Å². The highest BCUT2D eigenvalue weighted by Crippen LogP contribution is 2.17. The minimum Gasteiger partial charge on any atom is -0.348 e. The molecule has 116 valence electrons. The van der Waals surface area contributed by atoms with Crippen molar-refractivity contribution in [1.29, 1.82) is 0 Å². The van der Waals surface area contributed by atoms with Gasteiger partial charge < -0.3 is 10.3 Å². The molecule has 0 atom stereocenters. The van der Waals surface area contributed by atoms with Crippen LogP contribution in [0, 0.1) is 6.92 Å². The standard InChI is InChI=1S/C16H20N4O2/c1-10-12(14(22)20-15(19-10)16(2,3)4)13(21)18-9-11-6-5-7-17-8-11/h5-8H,9H2,1-4H3,(H,18,21)(H,19,20,22). The van der Waals surface area contributed by atoms with Gasteiger partial charge in [0.05, 0.1) is 5.69 Å². The van der Waals surface area contributed by atoms with E-state index < -0.39 is 11.5 Å². The summed E-state index contributed by atoms with van der Waals surface area (Å²) >= 11 is 0. The largest absolute Gasteiger partial charge is 0.348 e. The summed E-state index contributed by atoms with van der Waals surface area (Å²) in [7, 11) is 0. The van der Waals surface area contributed by atoms with Crippen LogP contribution in [0.1, 0.15) is 48.2 Å². The third kappa shape index (κ3) is 3.58. The normalized spacial score (nSPS) is 11.3. The molecule has 2 aromatic rings. The number of aromatic amines is 1. The summed E-state index contributed by atoms with van der Waals surface area (Å²) in [6.45, 7) is 7.84. The van der Waals surface area contributed by atoms with Crippen LogP contribution in [0.3, 0.4) is 0 Å². The summed E-state index contributed by atoms with van der Waals surface area (Å²) in [5.41, 5.74) is 0.647. The summed E-state index contributed by atoms with van der Waals surface area (Å²) in [6, 6.07) is 3.64. The Morgan fingerprint density at radius 2 is 2.09 bits per heavy atom. The monoisotopic (exact) mass is 300 g/mol. The summed E-state index contributed by atoms with van der Waals surface area (Å²) < 4.78 is 0. The molecule has 0 bridgehead atoms. The van der Waals surface area contributed by atoms with Crippen molar-refractivity contribution in [2.75, 3.05) is 0 Å². The third-order valence-electron chi connectivity index (χ3n) is 3.21. The average Bonchev–Trinajstić information content (AvgIpc) is 2.44. The molecule has 0 aliphatic rings. The van der Waals surface area contributed by atoms with E-state index in [4.69, 9.17) is 0 Å². The third-order valence-corrected chi connectivity index (χ3v) is 3.21. The van der Waals surface area contributed by atoms with Gasteiger partial charge in [-0.05, 0) is 18.6 Å². The van der Waals surface area contributed by atoms with Gasteiger partial charge in [0.25, 0.3) is 11.5 Å². The van der Waals surface area contributed by atoms with Crippen LogP contribution in [0.15, 0.2) is 29.3 Å². The highest BCUT2D eigenvalue weighted by molar-refractivity contribution is 5.94. The van der Waals surface area contributed by atoms with E-state index in [1.807, 2.05) is 26.8 Å². The SMILES string of the molecule is Cc1nc(C(C)(C)C)[nH]c(=O)c1C(=O)NCc1cccnc1. The van der Waals surface area contributed by atoms with Gasteiger partial charge in [0.1, 0.15) is 11.4 Å². The lowest BCUT2D eigenvalue weighted by Gasteiger charge is -2.18. The number of hydrogen-bond donors (Lipinski definition) is 2. The molecule has 0 spiro atoms. The molecule has 0 aliphatic heterocycles. The first-order valence-corrected chi connectivity index (χ1v) is 7.07. The maximum atomic E-state index is 12.2. The van der Waals surface area contributed by atoms with Gasteiger partial charge in [-0.15, -0.1) is 0 Å². The van der Waals surface area contributed by atoms with Crippen LogP contribution < -0.4 is 10.9 Å². The molecule has 2 N–H and O–H groups in total. The van der Waals surface area contributed by atoms with E-state index in [-0.39, 0.29) is 11.0 Å². The summed E-state index contributed by atoms with van der Waals surface area (Å²) in [6.07, 6.45) is 3.33. The number of nitrogens with zero attached hydrogens (tertiary/aromatic N) is 2. The van der Waals surface area contributed by atoms with Crippen molar-refractivity contribution in [3.05, 3.63) is 57.5 Å². The molecular weight excluding hydrogens is 280 g/mol. The van der Waals surface area contributed by atoms with E-state index >= 15 is 0 Å². The highest BCUT2D eigenvalue weighted by atomic mass is 16.2. The molecule has 22 heavy (non-hydrogen) atoms. The van der Waals surface area contributed by atoms with Crippen molar-refractivity contribution in [3.63, 3.8) is 0 Å². The molecule has 2 rings (SSSR count). The minimum atomic E-state index is -0.435. The van der Waals surface area contributed by atoms with E-state index in [1.165, 1.54) is 0 Å². The lowest BCUT2D eigenvalue weighted by Crippen LogP contribution is -2.33. The maximum Gasteiger partial charge on any atom is 0.264 e. The fourth-order valence-corrected chi connectivity index (χ4v) is 1.98. The van der Waals surface area contributed by atoms with Crippen LogP contribution in [0.4, 0.5) is 0 Å². The van der Waals surface area contributed by atoms with E-state index in [2.05, 4.69) is 20.3 Å². The van der Waals surface area contributed by atoms with Crippen molar-refractivity contribution in [1.82, 2.24) is 20.3 Å². The zero-order chi connectivity index (χ0) is 16.3. The average molecular weight is 300 g/mol. The second kappa shape index (κ2) is 6.09. The van der Waals surface area contributed by atoms with E-state index in [1.54, 1.807) is 25.4 Å². The smallest absolute Gasteiger partial charge is 0.264 e. The van der Waals surface area contributed by atoms with E-state index in [0.29, 0.717) is 18.1 Å². The molecule has 6 heteroatoms. The number of rotatable bonds is 3. The topological polar surface area (TPSA) is 87.7 Å². The molecule has 0 unspecified atom stereocenters. The Morgan fingerprint density at radius 3 is 2.64 bits per heavy atom. The Morgan fingerprint density at radius 1 is 1.36 bits per heavy atom. The number of hydrogen-bond acceptors (Lipinski definition) is 4. The number of carbonyl (C=O) groups is 1. The Hall–Kier alpha value is -2.50. The van der Waals surface area contributed by atoms with Gasteiger partial charge in [-0.2, -0.15) is 0 Å². The van der Waals surface area contributed by atoms with Crippen molar-refractivity contribution >= 4 is 5.91 Å². The molecule has 0 radical (unpaired) electrons. The van der Waals surface area contributed by atoms with Crippen LogP contribution in [-0.4, -0.2) is 20.9 Å². The Balaban J connectivity index is 2.22. The molecule has 0 saturated heterocycles. The number of aryl methyl sites for hydroxylation is 1. The maximum absolute atomic E-state index is 12.2. The first-order chi connectivity index (χ1) is 10.3. The lowest BCUT2D eigenvalue weighted by atomic mass is 9.95. The fourth-order valence-electron chi connectivity index (χ4n) is 1.98. The predicted octanol–water partition coefficient (Wildman–Crippen LogP) is 1.70. The number of aromatic nitrogens is 3. The summed E-state index contributed by atoms with van der Waals surface area (Å²) in [5, 5.41) is 2.72. The molecule has 2 heterocycles. The second-order valence-electron chi connectivity index (χ2n) is 6.17. The number of pyridine rings is 1. The van der Waals surface area contributed by atoms with Gasteiger partial charge >= 0.3 is 0 Å². The van der Waals surface area contributed by atoms with Crippen LogP contribution in [-0.2, 0) is 12.0 Å². The van der Waals surface area contributed by atoms with Crippen LogP contribution in [0.25, 0.3) is 0 Å². The lowest BCUT2D eigenvalue weighted by molar-refractivity contribution is 0.0948. The molecule has 6 nitrogen and oxygen atoms in total. The van der Waals surface area contributed by atoms with Gasteiger partial charge in [-0.1, -0.05) is 26.8 Å². The van der Waals surface area contributed by atoms with Crippen molar-refractivity contribution < 1.29 is 4.79 Å².